The fourth-order valence-corrected chi connectivity index (χ4v) is 1.80. The standard InChI is InChI=1S/C13H18N4O2/c1-8(2)17-7-11(6-14-17)15-13(18)5-12-9(3)16-19-10(12)4/h6-8H,5H2,1-4H3,(H,15,18). The van der Waals surface area contributed by atoms with Crippen molar-refractivity contribution in [3.63, 3.8) is 0 Å². The van der Waals surface area contributed by atoms with Crippen LogP contribution in [0.15, 0.2) is 16.9 Å². The average molecular weight is 262 g/mol. The Balaban J connectivity index is 2.01. The summed E-state index contributed by atoms with van der Waals surface area (Å²) in [5.41, 5.74) is 2.30. The Bertz CT molecular complexity index is 564. The van der Waals surface area contributed by atoms with Crippen LogP contribution in [0.25, 0.3) is 0 Å². The van der Waals surface area contributed by atoms with Gasteiger partial charge < -0.3 is 9.84 Å². The van der Waals surface area contributed by atoms with Crippen LogP contribution in [0, 0.1) is 13.8 Å². The maximum Gasteiger partial charge on any atom is 0.229 e. The van der Waals surface area contributed by atoms with E-state index in [4.69, 9.17) is 4.52 Å². The number of hydrogen-bond donors (Lipinski definition) is 1. The summed E-state index contributed by atoms with van der Waals surface area (Å²) in [6.07, 6.45) is 3.72. The van der Waals surface area contributed by atoms with Crippen LogP contribution in [0.1, 0.15) is 36.9 Å². The molecule has 2 heterocycles. The lowest BCUT2D eigenvalue weighted by molar-refractivity contribution is -0.115. The number of nitrogens with zero attached hydrogens (tertiary/aromatic N) is 3. The topological polar surface area (TPSA) is 73.0 Å². The number of nitrogens with one attached hydrogen (secondary N) is 1. The van der Waals surface area contributed by atoms with E-state index < -0.39 is 0 Å². The quantitative estimate of drug-likeness (QED) is 0.917. The SMILES string of the molecule is Cc1noc(C)c1CC(=O)Nc1cnn(C(C)C)c1. The van der Waals surface area contributed by atoms with Crippen molar-refractivity contribution in [3.8, 4) is 0 Å². The first-order valence-electron chi connectivity index (χ1n) is 6.23. The summed E-state index contributed by atoms with van der Waals surface area (Å²) in [7, 11) is 0. The van der Waals surface area contributed by atoms with Gasteiger partial charge in [0.2, 0.25) is 5.91 Å². The van der Waals surface area contributed by atoms with Gasteiger partial charge in [-0.1, -0.05) is 5.16 Å². The summed E-state index contributed by atoms with van der Waals surface area (Å²) in [4.78, 5) is 11.9. The molecule has 2 aromatic heterocycles. The summed E-state index contributed by atoms with van der Waals surface area (Å²) in [5, 5.41) is 10.8. The van der Waals surface area contributed by atoms with E-state index in [1.165, 1.54) is 0 Å². The van der Waals surface area contributed by atoms with Gasteiger partial charge in [0.15, 0.2) is 0 Å². The van der Waals surface area contributed by atoms with E-state index in [-0.39, 0.29) is 18.4 Å². The molecule has 2 aromatic rings. The number of amides is 1. The fraction of sp³-hybridized carbons (Fsp3) is 0.462. The van der Waals surface area contributed by atoms with E-state index in [0.717, 1.165) is 11.3 Å². The molecule has 0 fully saturated rings. The molecule has 2 rings (SSSR count). The van der Waals surface area contributed by atoms with Gasteiger partial charge in [0.05, 0.1) is 24.0 Å². The molecule has 1 amide bonds. The fourth-order valence-electron chi connectivity index (χ4n) is 1.80. The Kier molecular flexibility index (Phi) is 3.69. The summed E-state index contributed by atoms with van der Waals surface area (Å²) in [5.74, 6) is 0.586. The molecule has 0 radical (unpaired) electrons. The lowest BCUT2D eigenvalue weighted by atomic mass is 10.1. The van der Waals surface area contributed by atoms with E-state index in [0.29, 0.717) is 11.4 Å². The predicted octanol–water partition coefficient (Wildman–Crippen LogP) is 2.25. The second kappa shape index (κ2) is 5.26. The van der Waals surface area contributed by atoms with E-state index >= 15 is 0 Å². The lowest BCUT2D eigenvalue weighted by Crippen LogP contribution is -2.14. The average Bonchev–Trinajstić information content (AvgIpc) is 2.91. The van der Waals surface area contributed by atoms with Crippen molar-refractivity contribution < 1.29 is 9.32 Å². The molecule has 0 spiro atoms. The Labute approximate surface area is 111 Å². The molecule has 6 heteroatoms. The summed E-state index contributed by atoms with van der Waals surface area (Å²) >= 11 is 0. The number of aryl methyl sites for hydroxylation is 2. The first-order chi connectivity index (χ1) is 8.97. The molecule has 6 nitrogen and oxygen atoms in total. The van der Waals surface area contributed by atoms with E-state index in [1.807, 2.05) is 27.0 Å². The zero-order chi connectivity index (χ0) is 14.0. The van der Waals surface area contributed by atoms with Gasteiger partial charge in [0.25, 0.3) is 0 Å². The Morgan fingerprint density at radius 1 is 1.47 bits per heavy atom. The van der Waals surface area contributed by atoms with Crippen LogP contribution < -0.4 is 5.32 Å². The molecule has 0 unspecified atom stereocenters. The molecule has 102 valence electrons. The van der Waals surface area contributed by atoms with Gasteiger partial charge in [0.1, 0.15) is 5.76 Å². The first-order valence-corrected chi connectivity index (χ1v) is 6.23. The van der Waals surface area contributed by atoms with Gasteiger partial charge in [-0.05, 0) is 27.7 Å². The number of rotatable bonds is 4. The largest absolute Gasteiger partial charge is 0.361 e. The molecule has 0 saturated carbocycles. The molecule has 0 saturated heterocycles. The molecule has 0 aliphatic heterocycles. The van der Waals surface area contributed by atoms with Crippen LogP contribution in [0.3, 0.4) is 0 Å². The summed E-state index contributed by atoms with van der Waals surface area (Å²) in [6, 6.07) is 0.271. The normalized spacial score (nSPS) is 11.0. The Morgan fingerprint density at radius 3 is 2.74 bits per heavy atom. The van der Waals surface area contributed by atoms with Crippen LogP contribution in [0.5, 0.6) is 0 Å². The molecular weight excluding hydrogens is 244 g/mol. The van der Waals surface area contributed by atoms with E-state index in [9.17, 15) is 4.79 Å². The third kappa shape index (κ3) is 3.01. The highest BCUT2D eigenvalue weighted by Gasteiger charge is 2.14. The van der Waals surface area contributed by atoms with Crippen molar-refractivity contribution in [3.05, 3.63) is 29.4 Å². The van der Waals surface area contributed by atoms with E-state index in [1.54, 1.807) is 17.8 Å². The van der Waals surface area contributed by atoms with Gasteiger partial charge in [-0.25, -0.2) is 0 Å². The molecular formula is C13H18N4O2. The smallest absolute Gasteiger partial charge is 0.229 e. The van der Waals surface area contributed by atoms with Gasteiger partial charge in [-0.2, -0.15) is 5.10 Å². The number of carbonyl (C=O) groups is 1. The Hall–Kier alpha value is -2.11. The number of carbonyl (C=O) groups excluding carboxylic acids is 1. The van der Waals surface area contributed by atoms with Gasteiger partial charge in [-0.15, -0.1) is 0 Å². The molecule has 19 heavy (non-hydrogen) atoms. The molecule has 0 bridgehead atoms. The van der Waals surface area contributed by atoms with Gasteiger partial charge >= 0.3 is 0 Å². The number of anilines is 1. The van der Waals surface area contributed by atoms with Gasteiger partial charge in [-0.3, -0.25) is 9.48 Å². The highest BCUT2D eigenvalue weighted by Crippen LogP contribution is 2.15. The van der Waals surface area contributed by atoms with E-state index in [2.05, 4.69) is 15.6 Å². The molecule has 0 aliphatic rings. The predicted molar refractivity (Wildman–Crippen MR) is 70.9 cm³/mol. The van der Waals surface area contributed by atoms with Gasteiger partial charge in [0, 0.05) is 17.8 Å². The molecule has 0 aliphatic carbocycles. The third-order valence-electron chi connectivity index (χ3n) is 2.93. The minimum absolute atomic E-state index is 0.0993. The minimum Gasteiger partial charge on any atom is -0.361 e. The summed E-state index contributed by atoms with van der Waals surface area (Å²) < 4.78 is 6.83. The van der Waals surface area contributed by atoms with Crippen molar-refractivity contribution in [1.29, 1.82) is 0 Å². The maximum absolute atomic E-state index is 11.9. The monoisotopic (exact) mass is 262 g/mol. The number of hydrogen-bond acceptors (Lipinski definition) is 4. The summed E-state index contributed by atoms with van der Waals surface area (Å²) in [6.45, 7) is 7.69. The molecule has 1 N–H and O–H groups in total. The van der Waals surface area contributed by atoms with Crippen molar-refractivity contribution in [2.45, 2.75) is 40.2 Å². The minimum atomic E-state index is -0.0993. The second-order valence-corrected chi connectivity index (χ2v) is 4.83. The first kappa shape index (κ1) is 13.3. The zero-order valence-electron chi connectivity index (χ0n) is 11.6. The van der Waals surface area contributed by atoms with Crippen LogP contribution >= 0.6 is 0 Å². The van der Waals surface area contributed by atoms with Crippen molar-refractivity contribution >= 4 is 11.6 Å². The molecule has 0 aromatic carbocycles. The second-order valence-electron chi connectivity index (χ2n) is 4.83. The van der Waals surface area contributed by atoms with Crippen LogP contribution in [-0.4, -0.2) is 20.8 Å². The highest BCUT2D eigenvalue weighted by atomic mass is 16.5. The number of aromatic nitrogens is 3. The van der Waals surface area contributed by atoms with Crippen LogP contribution in [0.4, 0.5) is 5.69 Å². The van der Waals surface area contributed by atoms with Crippen molar-refractivity contribution in [2.75, 3.05) is 5.32 Å². The Morgan fingerprint density at radius 2 is 2.21 bits per heavy atom. The van der Waals surface area contributed by atoms with Crippen molar-refractivity contribution in [1.82, 2.24) is 14.9 Å². The highest BCUT2D eigenvalue weighted by molar-refractivity contribution is 5.92. The molecule has 0 atom stereocenters. The van der Waals surface area contributed by atoms with Crippen LogP contribution in [-0.2, 0) is 11.2 Å². The van der Waals surface area contributed by atoms with Crippen molar-refractivity contribution in [2.24, 2.45) is 0 Å². The zero-order valence-corrected chi connectivity index (χ0v) is 11.6. The van der Waals surface area contributed by atoms with Crippen LogP contribution in [0.2, 0.25) is 0 Å². The third-order valence-corrected chi connectivity index (χ3v) is 2.93. The lowest BCUT2D eigenvalue weighted by Gasteiger charge is -2.04. The maximum atomic E-state index is 11.9.